The lowest BCUT2D eigenvalue weighted by atomic mass is 10.1. The number of sulfonamides is 1. The predicted molar refractivity (Wildman–Crippen MR) is 81.8 cm³/mol. The van der Waals surface area contributed by atoms with Crippen molar-refractivity contribution in [2.24, 2.45) is 0 Å². The summed E-state index contributed by atoms with van der Waals surface area (Å²) in [7, 11) is -3.20. The summed E-state index contributed by atoms with van der Waals surface area (Å²) in [5.41, 5.74) is 1.94. The molecule has 0 aliphatic carbocycles. The number of H-pyrrole nitrogens is 1. The molecule has 1 fully saturated rings. The van der Waals surface area contributed by atoms with E-state index in [1.807, 2.05) is 0 Å². The molecule has 1 amide bonds. The van der Waals surface area contributed by atoms with Crippen LogP contribution in [-0.2, 0) is 10.0 Å². The molecule has 1 aliphatic rings. The van der Waals surface area contributed by atoms with Crippen LogP contribution in [0.2, 0.25) is 0 Å². The van der Waals surface area contributed by atoms with Crippen molar-refractivity contribution in [2.75, 3.05) is 32.4 Å². The third-order valence-corrected chi connectivity index (χ3v) is 5.05. The van der Waals surface area contributed by atoms with E-state index in [4.69, 9.17) is 6.92 Å². The van der Waals surface area contributed by atoms with Gasteiger partial charge >= 0.3 is 0 Å². The summed E-state index contributed by atoms with van der Waals surface area (Å²) < 4.78 is 24.3. The summed E-state index contributed by atoms with van der Waals surface area (Å²) in [6, 6.07) is 5.15. The Hall–Kier alpha value is -1.93. The number of nitrogens with one attached hydrogen (secondary N) is 1. The van der Waals surface area contributed by atoms with E-state index < -0.39 is 10.0 Å². The van der Waals surface area contributed by atoms with Crippen LogP contribution in [0.15, 0.2) is 18.2 Å². The fourth-order valence-electron chi connectivity index (χ4n) is 2.57. The predicted octanol–water partition coefficient (Wildman–Crippen LogP) is 0.339. The molecular weight excluding hydrogens is 304 g/mol. The van der Waals surface area contributed by atoms with Crippen LogP contribution in [0.1, 0.15) is 16.2 Å². The molecule has 0 spiro atoms. The van der Waals surface area contributed by atoms with Gasteiger partial charge in [0.25, 0.3) is 5.91 Å². The molecule has 1 saturated heterocycles. The largest absolute Gasteiger partial charge is 0.342 e. The van der Waals surface area contributed by atoms with Crippen LogP contribution in [0.3, 0.4) is 0 Å². The van der Waals surface area contributed by atoms with E-state index >= 15 is 0 Å². The van der Waals surface area contributed by atoms with E-state index in [-0.39, 0.29) is 5.91 Å². The van der Waals surface area contributed by atoms with Gasteiger partial charge in [0.1, 0.15) is 5.82 Å². The third kappa shape index (κ3) is 2.84. The molecule has 1 N–H and O–H groups in total. The second-order valence-corrected chi connectivity index (χ2v) is 7.29. The van der Waals surface area contributed by atoms with Crippen molar-refractivity contribution in [2.45, 2.75) is 0 Å². The molecule has 2 radical (unpaired) electrons. The van der Waals surface area contributed by atoms with Crippen molar-refractivity contribution in [1.82, 2.24) is 19.2 Å². The Morgan fingerprint density at radius 1 is 1.27 bits per heavy atom. The number of imidazole rings is 1. The second-order valence-electron chi connectivity index (χ2n) is 5.31. The lowest BCUT2D eigenvalue weighted by Gasteiger charge is -2.33. The first-order valence-electron chi connectivity index (χ1n) is 6.84. The molecule has 1 aromatic heterocycles. The van der Waals surface area contributed by atoms with E-state index in [0.29, 0.717) is 48.6 Å². The zero-order valence-corrected chi connectivity index (χ0v) is 12.9. The summed E-state index contributed by atoms with van der Waals surface area (Å²) in [6.07, 6.45) is 1.18. The average Bonchev–Trinajstić information content (AvgIpc) is 2.84. The molecule has 1 aliphatic heterocycles. The molecule has 7 nitrogen and oxygen atoms in total. The molecule has 116 valence electrons. The van der Waals surface area contributed by atoms with Crippen LogP contribution in [-0.4, -0.2) is 65.9 Å². The van der Waals surface area contributed by atoms with Crippen molar-refractivity contribution in [3.05, 3.63) is 36.5 Å². The number of hydrogen-bond donors (Lipinski definition) is 1. The third-order valence-electron chi connectivity index (χ3n) is 3.74. The summed E-state index contributed by atoms with van der Waals surface area (Å²) in [4.78, 5) is 21.1. The Labute approximate surface area is 129 Å². The molecule has 0 atom stereocenters. The van der Waals surface area contributed by atoms with Crippen molar-refractivity contribution < 1.29 is 13.2 Å². The monoisotopic (exact) mass is 320 g/mol. The van der Waals surface area contributed by atoms with Crippen molar-refractivity contribution in [1.29, 1.82) is 0 Å². The summed E-state index contributed by atoms with van der Waals surface area (Å²) >= 11 is 0. The number of carbonyl (C=O) groups excluding carboxylic acids is 1. The van der Waals surface area contributed by atoms with Crippen LogP contribution < -0.4 is 0 Å². The Morgan fingerprint density at radius 3 is 2.59 bits per heavy atom. The molecule has 2 heterocycles. The maximum atomic E-state index is 12.5. The normalized spacial score (nSPS) is 17.1. The molecule has 0 saturated carbocycles. The number of aromatic nitrogens is 2. The van der Waals surface area contributed by atoms with E-state index in [9.17, 15) is 13.2 Å². The van der Waals surface area contributed by atoms with Gasteiger partial charge in [0, 0.05) is 38.7 Å². The van der Waals surface area contributed by atoms with Gasteiger partial charge in [-0.2, -0.15) is 4.31 Å². The molecular formula is C14H16N4O3S. The lowest BCUT2D eigenvalue weighted by Crippen LogP contribution is -2.50. The van der Waals surface area contributed by atoms with Gasteiger partial charge in [-0.15, -0.1) is 0 Å². The first-order chi connectivity index (χ1) is 10.3. The van der Waals surface area contributed by atoms with Gasteiger partial charge in [0.2, 0.25) is 10.0 Å². The molecule has 1 aromatic carbocycles. The van der Waals surface area contributed by atoms with Gasteiger partial charge in [-0.1, -0.05) is 0 Å². The number of amides is 1. The van der Waals surface area contributed by atoms with Crippen molar-refractivity contribution >= 4 is 27.0 Å². The van der Waals surface area contributed by atoms with E-state index in [2.05, 4.69) is 9.97 Å². The zero-order valence-electron chi connectivity index (χ0n) is 12.1. The number of nitrogens with zero attached hydrogens (tertiary/aromatic N) is 3. The highest BCUT2D eigenvalue weighted by Gasteiger charge is 2.26. The van der Waals surface area contributed by atoms with Crippen LogP contribution in [0.4, 0.5) is 0 Å². The average molecular weight is 320 g/mol. The number of fused-ring (bicyclic) bond motifs is 1. The Kier molecular flexibility index (Phi) is 3.65. The van der Waals surface area contributed by atoms with Gasteiger partial charge in [-0.05, 0) is 18.2 Å². The Bertz CT molecular complexity index is 820. The number of aromatic amines is 1. The van der Waals surface area contributed by atoms with E-state index in [1.165, 1.54) is 10.6 Å². The van der Waals surface area contributed by atoms with Gasteiger partial charge in [0.05, 0.1) is 17.3 Å². The van der Waals surface area contributed by atoms with Crippen LogP contribution in [0.5, 0.6) is 0 Å². The highest BCUT2D eigenvalue weighted by molar-refractivity contribution is 7.88. The molecule has 2 aromatic rings. The van der Waals surface area contributed by atoms with Crippen LogP contribution in [0, 0.1) is 6.92 Å². The van der Waals surface area contributed by atoms with Gasteiger partial charge < -0.3 is 9.88 Å². The number of rotatable bonds is 2. The summed E-state index contributed by atoms with van der Waals surface area (Å²) in [5.74, 6) is 0.185. The second kappa shape index (κ2) is 5.36. The fraction of sp³-hybridized carbons (Fsp3) is 0.357. The first-order valence-corrected chi connectivity index (χ1v) is 8.69. The van der Waals surface area contributed by atoms with Crippen LogP contribution >= 0.6 is 0 Å². The van der Waals surface area contributed by atoms with Gasteiger partial charge in [-0.3, -0.25) is 4.79 Å². The molecule has 0 bridgehead atoms. The molecule has 3 rings (SSSR count). The topological polar surface area (TPSA) is 86.4 Å². The summed E-state index contributed by atoms with van der Waals surface area (Å²) in [6.45, 7) is 7.01. The SMILES string of the molecule is [CH]c1nc2ccc(C(=O)N3CCN(S(C)(=O)=O)CC3)cc2[nH]1. The molecule has 0 unspecified atom stereocenters. The van der Waals surface area contributed by atoms with Gasteiger partial charge in [-0.25, -0.2) is 13.4 Å². The molecule has 22 heavy (non-hydrogen) atoms. The Balaban J connectivity index is 1.76. The quantitative estimate of drug-likeness (QED) is 0.864. The Morgan fingerprint density at radius 2 is 1.95 bits per heavy atom. The minimum absolute atomic E-state index is 0.122. The maximum absolute atomic E-state index is 12.5. The fourth-order valence-corrected chi connectivity index (χ4v) is 3.39. The highest BCUT2D eigenvalue weighted by atomic mass is 32.2. The standard InChI is InChI=1S/C14H16N4O3S/c1-10-15-12-4-3-11(9-13(12)16-10)14(19)17-5-7-18(8-6-17)22(2,20)21/h1,3-4,9H,5-8H2,2H3,(H,15,16). The lowest BCUT2D eigenvalue weighted by molar-refractivity contribution is 0.0698. The summed E-state index contributed by atoms with van der Waals surface area (Å²) in [5, 5.41) is 0. The van der Waals surface area contributed by atoms with Crippen molar-refractivity contribution in [3.8, 4) is 0 Å². The smallest absolute Gasteiger partial charge is 0.254 e. The number of piperazine rings is 1. The molecule has 8 heteroatoms. The minimum Gasteiger partial charge on any atom is -0.342 e. The van der Waals surface area contributed by atoms with Crippen LogP contribution in [0.25, 0.3) is 11.0 Å². The van der Waals surface area contributed by atoms with Crippen molar-refractivity contribution in [3.63, 3.8) is 0 Å². The highest BCUT2D eigenvalue weighted by Crippen LogP contribution is 2.16. The van der Waals surface area contributed by atoms with Gasteiger partial charge in [0.15, 0.2) is 0 Å². The zero-order chi connectivity index (χ0) is 15.9. The maximum Gasteiger partial charge on any atom is 0.254 e. The number of carbonyl (C=O) groups is 1. The number of hydrogen-bond acceptors (Lipinski definition) is 4. The van der Waals surface area contributed by atoms with E-state index in [0.717, 1.165) is 0 Å². The first kappa shape index (κ1) is 15.0. The van der Waals surface area contributed by atoms with E-state index in [1.54, 1.807) is 23.1 Å². The minimum atomic E-state index is -3.20. The number of benzene rings is 1.